The second kappa shape index (κ2) is 15.0. The number of amides is 3. The third kappa shape index (κ3) is 9.53. The first-order valence-electron chi connectivity index (χ1n) is 16.0. The summed E-state index contributed by atoms with van der Waals surface area (Å²) in [5.74, 6) is -5.64. The number of alkyl halides is 2. The van der Waals surface area contributed by atoms with E-state index in [2.05, 4.69) is 9.97 Å². The van der Waals surface area contributed by atoms with Crippen molar-refractivity contribution in [3.63, 3.8) is 0 Å². The van der Waals surface area contributed by atoms with Crippen LogP contribution in [-0.4, -0.2) is 70.8 Å². The number of sulfonamides is 1. The molecule has 15 heteroatoms. The number of rotatable bonds is 14. The number of hydrogen-bond donors (Lipinski definition) is 4. The fraction of sp³-hybridized carbons (Fsp3) is 0.645. The maximum atomic E-state index is 14.3. The van der Waals surface area contributed by atoms with Gasteiger partial charge in [0.05, 0.1) is 22.3 Å². The van der Waals surface area contributed by atoms with Crippen LogP contribution in [0.1, 0.15) is 83.2 Å². The Balaban J connectivity index is 0.000000305. The number of hydrogen-bond acceptors (Lipinski definition) is 8. The van der Waals surface area contributed by atoms with Crippen LogP contribution < -0.4 is 21.7 Å². The van der Waals surface area contributed by atoms with Crippen molar-refractivity contribution in [1.82, 2.24) is 19.6 Å². The number of aromatic nitrogens is 2. The number of fused-ring (bicyclic) bond motifs is 1. The van der Waals surface area contributed by atoms with Crippen molar-refractivity contribution in [2.75, 3.05) is 6.54 Å². The van der Waals surface area contributed by atoms with E-state index >= 15 is 0 Å². The molecule has 254 valence electrons. The quantitative estimate of drug-likeness (QED) is 0.221. The molecule has 2 saturated carbocycles. The molecule has 4 atom stereocenters. The molecule has 1 saturated heterocycles. The minimum atomic E-state index is -3.65. The van der Waals surface area contributed by atoms with E-state index in [0.717, 1.165) is 11.0 Å². The van der Waals surface area contributed by atoms with Crippen molar-refractivity contribution >= 4 is 38.8 Å². The highest BCUT2D eigenvalue weighted by Crippen LogP contribution is 2.47. The molecule has 3 fully saturated rings. The fourth-order valence-electron chi connectivity index (χ4n) is 5.85. The minimum absolute atomic E-state index is 0.0822. The molecule has 0 bridgehead atoms. The third-order valence-electron chi connectivity index (χ3n) is 8.77. The monoisotopic (exact) mass is 666 g/mol. The second-order valence-electron chi connectivity index (χ2n) is 12.6. The van der Waals surface area contributed by atoms with Crippen LogP contribution >= 0.6 is 0 Å². The first-order valence-corrected chi connectivity index (χ1v) is 17.5. The Morgan fingerprint density at radius 1 is 1.15 bits per heavy atom. The number of benzene rings is 1. The Morgan fingerprint density at radius 3 is 2.54 bits per heavy atom. The smallest absolute Gasteiger partial charge is 0.270 e. The molecule has 1 aromatic carbocycles. The number of carbonyl (C=O) groups excluding carboxylic acids is 3. The summed E-state index contributed by atoms with van der Waals surface area (Å²) in [4.78, 5) is 55.7. The van der Waals surface area contributed by atoms with Crippen LogP contribution in [0.15, 0.2) is 29.1 Å². The fourth-order valence-corrected chi connectivity index (χ4v) is 7.21. The van der Waals surface area contributed by atoms with E-state index in [0.29, 0.717) is 63.6 Å². The highest BCUT2D eigenvalue weighted by molar-refractivity contribution is 7.90. The average Bonchev–Trinajstić information content (AvgIpc) is 3.93. The molecule has 0 spiro atoms. The first kappa shape index (κ1) is 35.4. The van der Waals surface area contributed by atoms with Gasteiger partial charge in [0.15, 0.2) is 0 Å². The van der Waals surface area contributed by atoms with Gasteiger partial charge in [0.25, 0.3) is 5.56 Å². The number of aryl methyl sites for hydroxylation is 1. The summed E-state index contributed by atoms with van der Waals surface area (Å²) in [5.41, 5.74) is 13.4. The van der Waals surface area contributed by atoms with Crippen molar-refractivity contribution in [3.05, 3.63) is 40.3 Å². The van der Waals surface area contributed by atoms with Crippen LogP contribution in [0, 0.1) is 11.8 Å². The van der Waals surface area contributed by atoms with Gasteiger partial charge in [-0.05, 0) is 69.4 Å². The molecule has 2 aliphatic carbocycles. The average molecular weight is 667 g/mol. The molecule has 5 rings (SSSR count). The van der Waals surface area contributed by atoms with Gasteiger partial charge in [-0.1, -0.05) is 31.9 Å². The molecule has 3 amide bonds. The molecule has 3 unspecified atom stereocenters. The maximum Gasteiger partial charge on any atom is 0.270 e. The highest BCUT2D eigenvalue weighted by Gasteiger charge is 2.50. The summed E-state index contributed by atoms with van der Waals surface area (Å²) in [5, 5.41) is -0.525. The van der Waals surface area contributed by atoms with Gasteiger partial charge < -0.3 is 21.4 Å². The molecule has 1 aromatic heterocycles. The lowest BCUT2D eigenvalue weighted by molar-refractivity contribution is -0.138. The van der Waals surface area contributed by atoms with Crippen molar-refractivity contribution in [3.8, 4) is 0 Å². The predicted molar refractivity (Wildman–Crippen MR) is 168 cm³/mol. The summed E-state index contributed by atoms with van der Waals surface area (Å²) in [6.07, 6.45) is 4.03. The van der Waals surface area contributed by atoms with Crippen LogP contribution in [0.2, 0.25) is 0 Å². The van der Waals surface area contributed by atoms with E-state index in [-0.39, 0.29) is 30.7 Å². The third-order valence-corrected chi connectivity index (χ3v) is 10.6. The molecule has 1 aliphatic heterocycles. The molecule has 12 nitrogen and oxygen atoms in total. The normalized spacial score (nSPS) is 21.7. The topological polar surface area (TPSA) is 198 Å². The number of para-hydroxylation sites is 2. The number of likely N-dealkylation sites (tertiary alicyclic amines) is 1. The largest absolute Gasteiger partial charge is 0.368 e. The number of nitrogens with one attached hydrogen (secondary N) is 2. The van der Waals surface area contributed by atoms with E-state index in [9.17, 15) is 36.4 Å². The van der Waals surface area contributed by atoms with Crippen LogP contribution in [0.3, 0.4) is 0 Å². The lowest BCUT2D eigenvalue weighted by atomic mass is 10.0. The number of nitrogens with zero attached hydrogens (tertiary/aromatic N) is 2. The van der Waals surface area contributed by atoms with Crippen LogP contribution in [0.25, 0.3) is 11.0 Å². The molecule has 0 radical (unpaired) electrons. The highest BCUT2D eigenvalue weighted by atomic mass is 32.2. The zero-order valence-corrected chi connectivity index (χ0v) is 26.9. The lowest BCUT2D eigenvalue weighted by Gasteiger charge is -2.25. The summed E-state index contributed by atoms with van der Waals surface area (Å²) in [7, 11) is -3.65. The van der Waals surface area contributed by atoms with Crippen LogP contribution in [0.5, 0.6) is 0 Å². The number of unbranched alkanes of at least 4 members (excludes halogenated alkanes) is 2. The number of aromatic amines is 1. The summed E-state index contributed by atoms with van der Waals surface area (Å²) in [6.45, 7) is 2.37. The number of carbonyl (C=O) groups is 3. The van der Waals surface area contributed by atoms with Gasteiger partial charge in [0.1, 0.15) is 11.7 Å². The molecule has 2 heterocycles. The summed E-state index contributed by atoms with van der Waals surface area (Å²) >= 11 is 0. The first-order chi connectivity index (χ1) is 21.7. The minimum Gasteiger partial charge on any atom is -0.368 e. The molecular formula is C31H44F2N6O6S. The van der Waals surface area contributed by atoms with E-state index in [4.69, 9.17) is 11.5 Å². The number of primary amides is 1. The van der Waals surface area contributed by atoms with Gasteiger partial charge in [0.2, 0.25) is 33.7 Å². The Morgan fingerprint density at radius 2 is 1.87 bits per heavy atom. The molecular weight excluding hydrogens is 622 g/mol. The Labute approximate surface area is 267 Å². The predicted octanol–water partition coefficient (Wildman–Crippen LogP) is 2.50. The van der Waals surface area contributed by atoms with Gasteiger partial charge in [-0.25, -0.2) is 22.2 Å². The van der Waals surface area contributed by atoms with E-state index < -0.39 is 63.4 Å². The second-order valence-corrected chi connectivity index (χ2v) is 14.5. The molecule has 6 N–H and O–H groups in total. The number of halogens is 2. The molecule has 46 heavy (non-hydrogen) atoms. The van der Waals surface area contributed by atoms with Gasteiger partial charge in [0, 0.05) is 25.3 Å². The van der Waals surface area contributed by atoms with Gasteiger partial charge in [-0.3, -0.25) is 23.9 Å². The lowest BCUT2D eigenvalue weighted by Crippen LogP contribution is -2.50. The van der Waals surface area contributed by atoms with Gasteiger partial charge >= 0.3 is 0 Å². The van der Waals surface area contributed by atoms with E-state index in [1.54, 1.807) is 0 Å². The Bertz CT molecular complexity index is 1580. The zero-order valence-electron chi connectivity index (χ0n) is 26.1. The number of H-pyrrole nitrogens is 1. The molecule has 2 aromatic rings. The van der Waals surface area contributed by atoms with Crippen molar-refractivity contribution in [1.29, 1.82) is 0 Å². The standard InChI is InChI=1S/C21H34F2N4O5S.C10H10N2O/c22-21(23,12-13-11-15(13)19(29)26-33(31,32)14-7-8-14)9-3-1-2-5-16(24)20(30)27-10-4-6-17(27)18(25)28;1-2-7-10(13)12-9-6-4-3-5-8(9)11-7/h13-17H,1-12,24H2,(H2,25,28)(H,26,29);3-6H,2H2,1H3,(H,12,13)/t13?,15?,16-,17?;/m0./s1. The maximum absolute atomic E-state index is 14.3. The van der Waals surface area contributed by atoms with Crippen molar-refractivity contribution in [2.45, 2.75) is 107 Å². The van der Waals surface area contributed by atoms with Crippen LogP contribution in [0.4, 0.5) is 8.78 Å². The Hall–Kier alpha value is -3.46. The molecule has 3 aliphatic rings. The SMILES string of the molecule is CCc1nc2ccccc2[nH]c1=O.NC(=O)C1CCCN1C(=O)[C@@H](N)CCCCCC(F)(F)CC1CC1C(=O)NS(=O)(=O)C1CC1. The zero-order chi connectivity index (χ0) is 33.6. The van der Waals surface area contributed by atoms with Gasteiger partial charge in [-0.2, -0.15) is 0 Å². The summed E-state index contributed by atoms with van der Waals surface area (Å²) < 4.78 is 54.2. The van der Waals surface area contributed by atoms with E-state index in [1.807, 2.05) is 35.9 Å². The van der Waals surface area contributed by atoms with Crippen LogP contribution in [-0.2, 0) is 30.8 Å². The van der Waals surface area contributed by atoms with E-state index in [1.165, 1.54) is 4.90 Å². The van der Waals surface area contributed by atoms with Crippen molar-refractivity contribution < 1.29 is 31.6 Å². The van der Waals surface area contributed by atoms with Gasteiger partial charge in [-0.15, -0.1) is 0 Å². The number of nitrogens with two attached hydrogens (primary N) is 2. The summed E-state index contributed by atoms with van der Waals surface area (Å²) in [6, 6.07) is 6.12. The Kier molecular flexibility index (Phi) is 11.5. The van der Waals surface area contributed by atoms with Crippen molar-refractivity contribution in [2.24, 2.45) is 23.3 Å².